The maximum Gasteiger partial charge on any atom is 0.123 e. The average molecular weight is 255 g/mol. The second-order valence-electron chi connectivity index (χ2n) is 4.52. The summed E-state index contributed by atoms with van der Waals surface area (Å²) in [5, 5.41) is 10.1. The van der Waals surface area contributed by atoms with Crippen LogP contribution >= 0.6 is 11.8 Å². The monoisotopic (exact) mass is 255 g/mol. The largest absolute Gasteiger partial charge is 0.387 e. The number of aliphatic hydroxyl groups is 1. The van der Waals surface area contributed by atoms with Crippen molar-refractivity contribution in [2.75, 3.05) is 25.1 Å². The first kappa shape index (κ1) is 12.9. The lowest BCUT2D eigenvalue weighted by Crippen LogP contribution is -2.34. The van der Waals surface area contributed by atoms with Gasteiger partial charge in [0.2, 0.25) is 0 Å². The summed E-state index contributed by atoms with van der Waals surface area (Å²) >= 11 is 1.96. The number of thioether (sulfide) groups is 1. The van der Waals surface area contributed by atoms with Crippen molar-refractivity contribution in [3.63, 3.8) is 0 Å². The molecule has 2 atom stereocenters. The summed E-state index contributed by atoms with van der Waals surface area (Å²) in [4.78, 5) is 2.20. The first-order valence-electron chi connectivity index (χ1n) is 5.88. The number of aliphatic hydroxyl groups excluding tert-OH is 1. The van der Waals surface area contributed by atoms with E-state index in [9.17, 15) is 9.50 Å². The fourth-order valence-corrected chi connectivity index (χ4v) is 3.38. The van der Waals surface area contributed by atoms with E-state index in [1.807, 2.05) is 18.8 Å². The van der Waals surface area contributed by atoms with Crippen molar-refractivity contribution in [3.05, 3.63) is 35.6 Å². The molecule has 2 rings (SSSR count). The molecule has 1 aliphatic rings. The second kappa shape index (κ2) is 5.85. The highest BCUT2D eigenvalue weighted by molar-refractivity contribution is 7.99. The van der Waals surface area contributed by atoms with Gasteiger partial charge in [0.15, 0.2) is 0 Å². The standard InChI is InChI=1S/C13H18FNOS/c1-15(12-6-7-17-9-12)8-13(16)10-2-4-11(14)5-3-10/h2-5,12-13,16H,6-9H2,1H3. The van der Waals surface area contributed by atoms with Gasteiger partial charge in [-0.2, -0.15) is 11.8 Å². The van der Waals surface area contributed by atoms with E-state index >= 15 is 0 Å². The molecular formula is C13H18FNOS. The maximum absolute atomic E-state index is 12.8. The third-order valence-corrected chi connectivity index (χ3v) is 4.39. The quantitative estimate of drug-likeness (QED) is 0.893. The molecule has 1 aromatic rings. The fraction of sp³-hybridized carbons (Fsp3) is 0.538. The molecule has 1 saturated heterocycles. The Kier molecular flexibility index (Phi) is 4.42. The smallest absolute Gasteiger partial charge is 0.123 e. The Labute approximate surface area is 106 Å². The van der Waals surface area contributed by atoms with Gasteiger partial charge < -0.3 is 5.11 Å². The van der Waals surface area contributed by atoms with Crippen LogP contribution in [0.15, 0.2) is 24.3 Å². The van der Waals surface area contributed by atoms with Gasteiger partial charge in [0.25, 0.3) is 0 Å². The van der Waals surface area contributed by atoms with Gasteiger partial charge in [-0.25, -0.2) is 4.39 Å². The van der Waals surface area contributed by atoms with E-state index in [0.29, 0.717) is 12.6 Å². The highest BCUT2D eigenvalue weighted by Crippen LogP contribution is 2.23. The molecule has 0 spiro atoms. The average Bonchev–Trinajstić information content (AvgIpc) is 2.83. The molecule has 1 heterocycles. The van der Waals surface area contributed by atoms with Gasteiger partial charge in [0.05, 0.1) is 6.10 Å². The lowest BCUT2D eigenvalue weighted by atomic mass is 10.1. The second-order valence-corrected chi connectivity index (χ2v) is 5.67. The van der Waals surface area contributed by atoms with Crippen LogP contribution in [0, 0.1) is 5.82 Å². The van der Waals surface area contributed by atoms with E-state index in [-0.39, 0.29) is 5.82 Å². The van der Waals surface area contributed by atoms with Gasteiger partial charge in [0.1, 0.15) is 5.82 Å². The number of hydrogen-bond donors (Lipinski definition) is 1. The maximum atomic E-state index is 12.8. The molecule has 0 bridgehead atoms. The minimum Gasteiger partial charge on any atom is -0.387 e. The van der Waals surface area contributed by atoms with Crippen LogP contribution in [0.1, 0.15) is 18.1 Å². The zero-order valence-corrected chi connectivity index (χ0v) is 10.8. The highest BCUT2D eigenvalue weighted by Gasteiger charge is 2.22. The van der Waals surface area contributed by atoms with Crippen molar-refractivity contribution in [2.24, 2.45) is 0 Å². The van der Waals surface area contributed by atoms with E-state index in [0.717, 1.165) is 11.3 Å². The van der Waals surface area contributed by atoms with E-state index < -0.39 is 6.10 Å². The first-order valence-corrected chi connectivity index (χ1v) is 7.04. The molecule has 17 heavy (non-hydrogen) atoms. The van der Waals surface area contributed by atoms with Crippen LogP contribution in [0.5, 0.6) is 0 Å². The fourth-order valence-electron chi connectivity index (χ4n) is 2.08. The molecule has 1 aromatic carbocycles. The topological polar surface area (TPSA) is 23.5 Å². The SMILES string of the molecule is CN(CC(O)c1ccc(F)cc1)C1CCSC1. The summed E-state index contributed by atoms with van der Waals surface area (Å²) < 4.78 is 12.8. The molecule has 0 amide bonds. The zero-order chi connectivity index (χ0) is 12.3. The Hall–Kier alpha value is -0.580. The van der Waals surface area contributed by atoms with Crippen LogP contribution in [-0.4, -0.2) is 41.1 Å². The number of halogens is 1. The normalized spacial score (nSPS) is 22.0. The molecule has 0 radical (unpaired) electrons. The summed E-state index contributed by atoms with van der Waals surface area (Å²) in [6.07, 6.45) is 0.656. The van der Waals surface area contributed by atoms with E-state index in [4.69, 9.17) is 0 Å². The molecule has 4 heteroatoms. The van der Waals surface area contributed by atoms with Gasteiger partial charge >= 0.3 is 0 Å². The van der Waals surface area contributed by atoms with Crippen molar-refractivity contribution >= 4 is 11.8 Å². The molecule has 94 valence electrons. The molecule has 2 nitrogen and oxygen atoms in total. The third-order valence-electron chi connectivity index (χ3n) is 3.24. The number of benzene rings is 1. The molecule has 1 fully saturated rings. The van der Waals surface area contributed by atoms with Gasteiger partial charge in [-0.05, 0) is 36.9 Å². The van der Waals surface area contributed by atoms with Crippen molar-refractivity contribution in [3.8, 4) is 0 Å². The molecule has 0 aromatic heterocycles. The van der Waals surface area contributed by atoms with E-state index in [1.54, 1.807) is 12.1 Å². The Balaban J connectivity index is 1.91. The van der Waals surface area contributed by atoms with Crippen LogP contribution in [0.25, 0.3) is 0 Å². The molecule has 0 saturated carbocycles. The minimum atomic E-state index is -0.536. The van der Waals surface area contributed by atoms with E-state index in [1.165, 1.54) is 24.3 Å². The third kappa shape index (κ3) is 3.44. The number of nitrogens with zero attached hydrogens (tertiary/aromatic N) is 1. The molecule has 2 unspecified atom stereocenters. The van der Waals surface area contributed by atoms with Gasteiger partial charge in [0, 0.05) is 18.3 Å². The summed E-state index contributed by atoms with van der Waals surface area (Å²) in [6, 6.07) is 6.65. The summed E-state index contributed by atoms with van der Waals surface area (Å²) in [5.41, 5.74) is 0.781. The molecular weight excluding hydrogens is 237 g/mol. The van der Waals surface area contributed by atoms with Gasteiger partial charge in [-0.15, -0.1) is 0 Å². The number of hydrogen-bond acceptors (Lipinski definition) is 3. The minimum absolute atomic E-state index is 0.263. The van der Waals surface area contributed by atoms with Crippen LogP contribution in [0.4, 0.5) is 4.39 Å². The van der Waals surface area contributed by atoms with Gasteiger partial charge in [-0.1, -0.05) is 12.1 Å². The summed E-state index contributed by atoms with van der Waals surface area (Å²) in [5.74, 6) is 2.09. The predicted octanol–water partition coefficient (Wildman–Crippen LogP) is 2.30. The van der Waals surface area contributed by atoms with E-state index in [2.05, 4.69) is 4.90 Å². The lowest BCUT2D eigenvalue weighted by Gasteiger charge is -2.26. The van der Waals surface area contributed by atoms with Crippen molar-refractivity contribution in [2.45, 2.75) is 18.6 Å². The van der Waals surface area contributed by atoms with Crippen molar-refractivity contribution < 1.29 is 9.50 Å². The molecule has 1 N–H and O–H groups in total. The van der Waals surface area contributed by atoms with Crippen molar-refractivity contribution in [1.29, 1.82) is 0 Å². The predicted molar refractivity (Wildman–Crippen MR) is 69.7 cm³/mol. The first-order chi connectivity index (χ1) is 8.16. The lowest BCUT2D eigenvalue weighted by molar-refractivity contribution is 0.110. The van der Waals surface area contributed by atoms with Crippen LogP contribution < -0.4 is 0 Å². The zero-order valence-electron chi connectivity index (χ0n) is 9.97. The summed E-state index contributed by atoms with van der Waals surface area (Å²) in [6.45, 7) is 0.608. The number of rotatable bonds is 4. The van der Waals surface area contributed by atoms with Gasteiger partial charge in [-0.3, -0.25) is 4.90 Å². The molecule has 1 aliphatic heterocycles. The Morgan fingerprint density at radius 1 is 1.47 bits per heavy atom. The Morgan fingerprint density at radius 3 is 2.76 bits per heavy atom. The number of likely N-dealkylation sites (N-methyl/N-ethyl adjacent to an activating group) is 1. The van der Waals surface area contributed by atoms with Crippen LogP contribution in [0.3, 0.4) is 0 Å². The Bertz CT molecular complexity index is 351. The van der Waals surface area contributed by atoms with Crippen molar-refractivity contribution in [1.82, 2.24) is 4.90 Å². The molecule has 0 aliphatic carbocycles. The summed E-state index contributed by atoms with van der Waals surface area (Å²) in [7, 11) is 2.04. The van der Waals surface area contributed by atoms with Crippen LogP contribution in [-0.2, 0) is 0 Å². The van der Waals surface area contributed by atoms with Crippen LogP contribution in [0.2, 0.25) is 0 Å². The Morgan fingerprint density at radius 2 is 2.18 bits per heavy atom. The highest BCUT2D eigenvalue weighted by atomic mass is 32.2.